The van der Waals surface area contributed by atoms with Crippen molar-refractivity contribution in [1.29, 1.82) is 0 Å². The van der Waals surface area contributed by atoms with Gasteiger partial charge < -0.3 is 5.32 Å². The highest BCUT2D eigenvalue weighted by Gasteiger charge is 2.23. The second-order valence-corrected chi connectivity index (χ2v) is 5.82. The van der Waals surface area contributed by atoms with Gasteiger partial charge in [-0.15, -0.1) is 5.10 Å². The Morgan fingerprint density at radius 1 is 1.33 bits per heavy atom. The molecule has 5 nitrogen and oxygen atoms in total. The van der Waals surface area contributed by atoms with Gasteiger partial charge in [0.2, 0.25) is 11.1 Å². The molecule has 0 spiro atoms. The lowest BCUT2D eigenvalue weighted by atomic mass is 10.2. The summed E-state index contributed by atoms with van der Waals surface area (Å²) in [6, 6.07) is 10.4. The molecular weight excluding hydrogens is 284 g/mol. The third-order valence-corrected chi connectivity index (χ3v) is 3.84. The molecule has 0 radical (unpaired) electrons. The lowest BCUT2D eigenvalue weighted by Crippen LogP contribution is -2.27. The molecule has 2 aromatic rings. The Bertz CT molecular complexity index is 634. The number of H-pyrrole nitrogens is 1. The van der Waals surface area contributed by atoms with Gasteiger partial charge in [-0.3, -0.25) is 9.89 Å². The van der Waals surface area contributed by atoms with E-state index in [1.807, 2.05) is 42.5 Å². The fourth-order valence-corrected chi connectivity index (χ4v) is 2.38. The van der Waals surface area contributed by atoms with E-state index >= 15 is 0 Å². The van der Waals surface area contributed by atoms with E-state index in [1.165, 1.54) is 11.8 Å². The molecule has 1 aliphatic carbocycles. The van der Waals surface area contributed by atoms with Gasteiger partial charge in [-0.25, -0.2) is 4.98 Å². The first-order chi connectivity index (χ1) is 10.3. The molecule has 0 bridgehead atoms. The van der Waals surface area contributed by atoms with Gasteiger partial charge in [0, 0.05) is 6.04 Å². The van der Waals surface area contributed by atoms with Crippen LogP contribution in [0.2, 0.25) is 0 Å². The van der Waals surface area contributed by atoms with Crippen molar-refractivity contribution in [3.05, 3.63) is 41.7 Å². The average molecular weight is 300 g/mol. The van der Waals surface area contributed by atoms with Gasteiger partial charge in [0.1, 0.15) is 5.82 Å². The second-order valence-electron chi connectivity index (χ2n) is 4.88. The molecule has 0 aliphatic heterocycles. The number of hydrogen-bond donors (Lipinski definition) is 2. The summed E-state index contributed by atoms with van der Waals surface area (Å²) in [7, 11) is 0. The minimum absolute atomic E-state index is 0.0497. The summed E-state index contributed by atoms with van der Waals surface area (Å²) in [5.74, 6) is 1.09. The molecule has 3 rings (SSSR count). The predicted octanol–water partition coefficient (Wildman–Crippen LogP) is 2.35. The normalized spacial score (nSPS) is 14.5. The van der Waals surface area contributed by atoms with Crippen LogP contribution in [0.15, 0.2) is 35.5 Å². The first kappa shape index (κ1) is 13.9. The number of hydrogen-bond acceptors (Lipinski definition) is 4. The Kier molecular flexibility index (Phi) is 4.35. The van der Waals surface area contributed by atoms with Crippen LogP contribution >= 0.6 is 11.8 Å². The quantitative estimate of drug-likeness (QED) is 0.803. The van der Waals surface area contributed by atoms with Gasteiger partial charge >= 0.3 is 0 Å². The lowest BCUT2D eigenvalue weighted by molar-refractivity contribution is -0.118. The number of amides is 1. The van der Waals surface area contributed by atoms with Crippen LogP contribution in [0.25, 0.3) is 12.2 Å². The maximum atomic E-state index is 11.6. The van der Waals surface area contributed by atoms with Gasteiger partial charge in [0.25, 0.3) is 0 Å². The van der Waals surface area contributed by atoms with E-state index in [0.717, 1.165) is 18.4 Å². The minimum Gasteiger partial charge on any atom is -0.353 e. The summed E-state index contributed by atoms with van der Waals surface area (Å²) in [5, 5.41) is 10.5. The average Bonchev–Trinajstić information content (AvgIpc) is 3.20. The highest BCUT2D eigenvalue weighted by Crippen LogP contribution is 2.19. The summed E-state index contributed by atoms with van der Waals surface area (Å²) in [6.07, 6.45) is 6.04. The topological polar surface area (TPSA) is 70.7 Å². The number of rotatable bonds is 6. The Morgan fingerprint density at radius 3 is 2.90 bits per heavy atom. The van der Waals surface area contributed by atoms with E-state index < -0.39 is 0 Å². The van der Waals surface area contributed by atoms with Gasteiger partial charge in [0.05, 0.1) is 5.75 Å². The van der Waals surface area contributed by atoms with Crippen LogP contribution in [0, 0.1) is 0 Å². The first-order valence-corrected chi connectivity index (χ1v) is 7.86. The zero-order valence-corrected chi connectivity index (χ0v) is 12.3. The zero-order valence-electron chi connectivity index (χ0n) is 11.5. The predicted molar refractivity (Wildman–Crippen MR) is 83.6 cm³/mol. The number of aromatic amines is 1. The molecule has 0 atom stereocenters. The largest absolute Gasteiger partial charge is 0.353 e. The maximum absolute atomic E-state index is 11.6. The van der Waals surface area contributed by atoms with E-state index in [0.29, 0.717) is 22.8 Å². The van der Waals surface area contributed by atoms with Crippen molar-refractivity contribution >= 4 is 29.8 Å². The first-order valence-electron chi connectivity index (χ1n) is 6.87. The molecule has 6 heteroatoms. The lowest BCUT2D eigenvalue weighted by Gasteiger charge is -1.99. The fourth-order valence-electron chi connectivity index (χ4n) is 1.76. The maximum Gasteiger partial charge on any atom is 0.230 e. The molecule has 21 heavy (non-hydrogen) atoms. The van der Waals surface area contributed by atoms with Crippen LogP contribution < -0.4 is 5.32 Å². The van der Waals surface area contributed by atoms with Crippen molar-refractivity contribution in [3.8, 4) is 0 Å². The molecule has 1 aromatic heterocycles. The van der Waals surface area contributed by atoms with Crippen molar-refractivity contribution in [3.63, 3.8) is 0 Å². The van der Waals surface area contributed by atoms with E-state index in [-0.39, 0.29) is 5.91 Å². The smallest absolute Gasteiger partial charge is 0.230 e. The molecule has 1 amide bonds. The van der Waals surface area contributed by atoms with Crippen LogP contribution in [-0.4, -0.2) is 32.9 Å². The molecule has 0 saturated heterocycles. The molecule has 1 aromatic carbocycles. The summed E-state index contributed by atoms with van der Waals surface area (Å²) in [5.41, 5.74) is 1.10. The van der Waals surface area contributed by atoms with Crippen LogP contribution in [0.4, 0.5) is 0 Å². The van der Waals surface area contributed by atoms with Gasteiger partial charge in [-0.2, -0.15) is 0 Å². The van der Waals surface area contributed by atoms with Gasteiger partial charge in [-0.05, 0) is 24.5 Å². The molecule has 1 fully saturated rings. The van der Waals surface area contributed by atoms with Crippen molar-refractivity contribution in [2.75, 3.05) is 5.75 Å². The molecule has 108 valence electrons. The summed E-state index contributed by atoms with van der Waals surface area (Å²) >= 11 is 1.34. The molecule has 2 N–H and O–H groups in total. The number of thioether (sulfide) groups is 1. The minimum atomic E-state index is 0.0497. The van der Waals surface area contributed by atoms with E-state index in [4.69, 9.17) is 0 Å². The number of carbonyl (C=O) groups excluding carboxylic acids is 1. The number of carbonyl (C=O) groups is 1. The standard InChI is InChI=1S/C15H16N4OS/c20-14(16-12-7-8-12)10-21-15-17-13(18-19-15)9-6-11-4-2-1-3-5-11/h1-6,9,12H,7-8,10H2,(H,16,20)(H,17,18,19)/b9-6+. The van der Waals surface area contributed by atoms with E-state index in [9.17, 15) is 4.79 Å². The van der Waals surface area contributed by atoms with Crippen molar-refractivity contribution in [1.82, 2.24) is 20.5 Å². The molecule has 1 saturated carbocycles. The van der Waals surface area contributed by atoms with Crippen LogP contribution in [0.1, 0.15) is 24.2 Å². The van der Waals surface area contributed by atoms with E-state index in [1.54, 1.807) is 0 Å². The molecule has 1 aliphatic rings. The molecular formula is C15H16N4OS. The monoisotopic (exact) mass is 300 g/mol. The Balaban J connectivity index is 1.51. The van der Waals surface area contributed by atoms with Crippen molar-refractivity contribution in [2.45, 2.75) is 24.0 Å². The van der Waals surface area contributed by atoms with Crippen molar-refractivity contribution in [2.24, 2.45) is 0 Å². The summed E-state index contributed by atoms with van der Waals surface area (Å²) in [4.78, 5) is 15.9. The summed E-state index contributed by atoms with van der Waals surface area (Å²) < 4.78 is 0. The highest BCUT2D eigenvalue weighted by atomic mass is 32.2. The number of aromatic nitrogens is 3. The second kappa shape index (κ2) is 6.58. The Labute approximate surface area is 127 Å². The number of benzene rings is 1. The van der Waals surface area contributed by atoms with Gasteiger partial charge in [0.15, 0.2) is 0 Å². The third kappa shape index (κ3) is 4.46. The van der Waals surface area contributed by atoms with Crippen LogP contribution in [0.3, 0.4) is 0 Å². The fraction of sp³-hybridized carbons (Fsp3) is 0.267. The Hall–Kier alpha value is -2.08. The van der Waals surface area contributed by atoms with E-state index in [2.05, 4.69) is 20.5 Å². The molecule has 0 unspecified atom stereocenters. The van der Waals surface area contributed by atoms with Crippen LogP contribution in [0.5, 0.6) is 0 Å². The number of nitrogens with zero attached hydrogens (tertiary/aromatic N) is 2. The zero-order chi connectivity index (χ0) is 14.5. The Morgan fingerprint density at radius 2 is 2.14 bits per heavy atom. The third-order valence-electron chi connectivity index (χ3n) is 2.99. The van der Waals surface area contributed by atoms with Gasteiger partial charge in [-0.1, -0.05) is 48.2 Å². The summed E-state index contributed by atoms with van der Waals surface area (Å²) in [6.45, 7) is 0. The van der Waals surface area contributed by atoms with Crippen molar-refractivity contribution < 1.29 is 4.79 Å². The van der Waals surface area contributed by atoms with Crippen LogP contribution in [-0.2, 0) is 4.79 Å². The molecule has 1 heterocycles. The highest BCUT2D eigenvalue weighted by molar-refractivity contribution is 7.99. The number of nitrogens with one attached hydrogen (secondary N) is 2. The SMILES string of the molecule is O=C(CSc1n[nH]c(/C=C/c2ccccc2)n1)NC1CC1.